The Kier molecular flexibility index (Phi) is 8.40. The third-order valence-corrected chi connectivity index (χ3v) is 6.41. The Hall–Kier alpha value is -2.98. The lowest BCUT2D eigenvalue weighted by Gasteiger charge is -2.21. The van der Waals surface area contributed by atoms with Crippen molar-refractivity contribution in [2.45, 2.75) is 70.2 Å². The Morgan fingerprint density at radius 3 is 2.85 bits per heavy atom. The van der Waals surface area contributed by atoms with E-state index in [2.05, 4.69) is 16.6 Å². The van der Waals surface area contributed by atoms with Gasteiger partial charge < -0.3 is 24.4 Å². The number of aliphatic carboxylic acids is 1. The number of aryl methyl sites for hydroxylation is 1. The Morgan fingerprint density at radius 1 is 1.36 bits per heavy atom. The normalized spacial score (nSPS) is 24.7. The molecule has 1 aliphatic carbocycles. The first kappa shape index (κ1) is 24.7. The molecule has 1 aromatic rings. The molecule has 1 aromatic carbocycles. The van der Waals surface area contributed by atoms with Gasteiger partial charge in [0.25, 0.3) is 0 Å². The maximum Gasteiger partial charge on any atom is 0.508 e. The minimum absolute atomic E-state index is 0.0183. The van der Waals surface area contributed by atoms with E-state index in [-0.39, 0.29) is 30.3 Å². The molecule has 7 nitrogen and oxygen atoms in total. The number of aliphatic hydroxyl groups excluding tert-OH is 1. The number of hydrogen-bond acceptors (Lipinski definition) is 6. The molecule has 1 aliphatic heterocycles. The molecule has 6 atom stereocenters. The van der Waals surface area contributed by atoms with E-state index >= 15 is 0 Å². The predicted molar refractivity (Wildman–Crippen MR) is 122 cm³/mol. The fraction of sp³-hybridized carbons (Fsp3) is 0.538. The summed E-state index contributed by atoms with van der Waals surface area (Å²) in [4.78, 5) is 22.6. The maximum absolute atomic E-state index is 11.8. The molecule has 2 N–H and O–H groups in total. The maximum atomic E-state index is 11.8. The molecule has 3 rings (SSSR count). The average Bonchev–Trinajstić information content (AvgIpc) is 3.29. The number of para-hydroxylation sites is 1. The van der Waals surface area contributed by atoms with Crippen molar-refractivity contribution in [3.8, 4) is 17.6 Å². The van der Waals surface area contributed by atoms with Crippen LogP contribution in [-0.2, 0) is 20.7 Å². The summed E-state index contributed by atoms with van der Waals surface area (Å²) in [6, 6.07) is 5.95. The van der Waals surface area contributed by atoms with Crippen molar-refractivity contribution in [2.24, 2.45) is 11.8 Å². The fourth-order valence-electron chi connectivity index (χ4n) is 4.72. The number of carboxylic acids is 1. The lowest BCUT2D eigenvalue weighted by atomic mass is 9.86. The molecule has 0 saturated heterocycles. The Bertz CT molecular complexity index is 942. The van der Waals surface area contributed by atoms with Crippen molar-refractivity contribution >= 4 is 12.1 Å². The van der Waals surface area contributed by atoms with Gasteiger partial charge in [0.05, 0.1) is 13.2 Å². The summed E-state index contributed by atoms with van der Waals surface area (Å²) >= 11 is 0. The van der Waals surface area contributed by atoms with Crippen LogP contribution in [0.15, 0.2) is 30.4 Å². The largest absolute Gasteiger partial charge is 0.508 e. The first-order chi connectivity index (χ1) is 15.8. The Labute approximate surface area is 194 Å². The molecule has 1 heterocycles. The predicted octanol–water partition coefficient (Wildman–Crippen LogP) is 4.08. The van der Waals surface area contributed by atoms with Crippen LogP contribution in [0.5, 0.6) is 5.75 Å². The van der Waals surface area contributed by atoms with Gasteiger partial charge in [-0.15, -0.1) is 11.8 Å². The molecule has 1 saturated carbocycles. The van der Waals surface area contributed by atoms with Gasteiger partial charge >= 0.3 is 12.1 Å². The van der Waals surface area contributed by atoms with Gasteiger partial charge in [-0.25, -0.2) is 4.79 Å². The molecule has 0 aromatic heterocycles. The van der Waals surface area contributed by atoms with Crippen LogP contribution in [-0.4, -0.2) is 47.8 Å². The van der Waals surface area contributed by atoms with E-state index in [1.54, 1.807) is 6.92 Å². The van der Waals surface area contributed by atoms with E-state index in [0.29, 0.717) is 25.7 Å². The second-order valence-electron chi connectivity index (χ2n) is 8.67. The quantitative estimate of drug-likeness (QED) is 0.328. The lowest BCUT2D eigenvalue weighted by Crippen LogP contribution is -2.24. The SMILES string of the molecule is CC#CC[C@H](C)[C@@H](/C=C/[C@@H]1[C@H]2c3cccc(CCCC(=O)O)c3O[C@H]2C[C@H]1O)OC(=O)OC. The van der Waals surface area contributed by atoms with Crippen LogP contribution in [0.4, 0.5) is 4.79 Å². The first-order valence-corrected chi connectivity index (χ1v) is 11.4. The minimum Gasteiger partial charge on any atom is -0.489 e. The number of carbonyl (C=O) groups excluding carboxylic acids is 1. The highest BCUT2D eigenvalue weighted by molar-refractivity contribution is 5.66. The van der Waals surface area contributed by atoms with Crippen LogP contribution >= 0.6 is 0 Å². The van der Waals surface area contributed by atoms with Crippen LogP contribution in [0.25, 0.3) is 0 Å². The third kappa shape index (κ3) is 5.88. The minimum atomic E-state index is -0.809. The van der Waals surface area contributed by atoms with Gasteiger partial charge in [0.2, 0.25) is 0 Å². The summed E-state index contributed by atoms with van der Waals surface area (Å²) in [5, 5.41) is 19.7. The van der Waals surface area contributed by atoms with E-state index in [1.165, 1.54) is 7.11 Å². The lowest BCUT2D eigenvalue weighted by molar-refractivity contribution is -0.137. The van der Waals surface area contributed by atoms with Crippen molar-refractivity contribution < 1.29 is 34.0 Å². The van der Waals surface area contributed by atoms with Gasteiger partial charge in [-0.3, -0.25) is 4.79 Å². The highest BCUT2D eigenvalue weighted by Crippen LogP contribution is 2.52. The molecule has 0 bridgehead atoms. The number of hydrogen-bond donors (Lipinski definition) is 2. The van der Waals surface area contributed by atoms with Crippen LogP contribution in [0.1, 0.15) is 56.6 Å². The third-order valence-electron chi connectivity index (χ3n) is 6.41. The van der Waals surface area contributed by atoms with Crippen LogP contribution < -0.4 is 4.74 Å². The fourth-order valence-corrected chi connectivity index (χ4v) is 4.72. The highest BCUT2D eigenvalue weighted by atomic mass is 16.7. The van der Waals surface area contributed by atoms with E-state index in [4.69, 9.17) is 14.6 Å². The summed E-state index contributed by atoms with van der Waals surface area (Å²) in [6.45, 7) is 3.72. The molecular formula is C26H32O7. The summed E-state index contributed by atoms with van der Waals surface area (Å²) in [7, 11) is 1.27. The topological polar surface area (TPSA) is 102 Å². The van der Waals surface area contributed by atoms with E-state index in [9.17, 15) is 14.7 Å². The molecule has 0 radical (unpaired) electrons. The van der Waals surface area contributed by atoms with Crippen LogP contribution in [0.3, 0.4) is 0 Å². The monoisotopic (exact) mass is 456 g/mol. The number of methoxy groups -OCH3 is 1. The van der Waals surface area contributed by atoms with Crippen molar-refractivity contribution in [2.75, 3.05) is 7.11 Å². The number of aliphatic hydroxyl groups is 1. The van der Waals surface area contributed by atoms with Gasteiger partial charge in [0.15, 0.2) is 0 Å². The summed E-state index contributed by atoms with van der Waals surface area (Å²) < 4.78 is 16.4. The van der Waals surface area contributed by atoms with Crippen LogP contribution in [0.2, 0.25) is 0 Å². The summed E-state index contributed by atoms with van der Waals surface area (Å²) in [5.74, 6) is 5.62. The van der Waals surface area contributed by atoms with E-state index in [1.807, 2.05) is 37.3 Å². The molecule has 1 fully saturated rings. The molecular weight excluding hydrogens is 424 g/mol. The Balaban J connectivity index is 1.80. The van der Waals surface area contributed by atoms with Crippen molar-refractivity contribution in [3.05, 3.63) is 41.5 Å². The van der Waals surface area contributed by atoms with Crippen molar-refractivity contribution in [1.82, 2.24) is 0 Å². The molecule has 0 unspecified atom stereocenters. The number of carbonyl (C=O) groups is 2. The smallest absolute Gasteiger partial charge is 0.489 e. The zero-order valence-electron chi connectivity index (χ0n) is 19.3. The van der Waals surface area contributed by atoms with Crippen LogP contribution in [0, 0.1) is 23.7 Å². The first-order valence-electron chi connectivity index (χ1n) is 11.4. The number of ether oxygens (including phenoxy) is 3. The van der Waals surface area contributed by atoms with Gasteiger partial charge in [0.1, 0.15) is 18.0 Å². The molecule has 178 valence electrons. The highest BCUT2D eigenvalue weighted by Gasteiger charge is 2.49. The molecule has 7 heteroatoms. The number of benzene rings is 1. The molecule has 33 heavy (non-hydrogen) atoms. The summed E-state index contributed by atoms with van der Waals surface area (Å²) in [6.07, 6.45) is 4.08. The van der Waals surface area contributed by atoms with E-state index in [0.717, 1.165) is 16.9 Å². The van der Waals surface area contributed by atoms with Crippen molar-refractivity contribution in [1.29, 1.82) is 0 Å². The molecule has 2 aliphatic rings. The second-order valence-corrected chi connectivity index (χ2v) is 8.67. The van der Waals surface area contributed by atoms with Gasteiger partial charge in [-0.1, -0.05) is 31.2 Å². The van der Waals surface area contributed by atoms with E-state index < -0.39 is 24.3 Å². The number of carboxylic acid groups (broad SMARTS) is 1. The Morgan fingerprint density at radius 2 is 2.15 bits per heavy atom. The molecule has 0 amide bonds. The average molecular weight is 457 g/mol. The number of fused-ring (bicyclic) bond motifs is 3. The standard InChI is InChI=1S/C26H32O7/c1-4-5-8-16(2)21(33-26(30)31-3)14-13-18-20(27)15-22-24(18)19-11-6-9-17(25(19)32-22)10-7-12-23(28)29/h6,9,11,13-14,16,18,20-22,24,27H,7-8,10,12,15H2,1-3H3,(H,28,29)/b14-13+/t16-,18-,20+,21+,22-,24-/m0/s1. The van der Waals surface area contributed by atoms with Gasteiger partial charge in [-0.05, 0) is 31.4 Å². The van der Waals surface area contributed by atoms with Gasteiger partial charge in [0, 0.05) is 42.6 Å². The zero-order chi connectivity index (χ0) is 24.0. The summed E-state index contributed by atoms with van der Waals surface area (Å²) in [5.41, 5.74) is 2.04. The molecule has 0 spiro atoms. The van der Waals surface area contributed by atoms with Crippen molar-refractivity contribution in [3.63, 3.8) is 0 Å². The van der Waals surface area contributed by atoms with Gasteiger partial charge in [-0.2, -0.15) is 0 Å². The second kappa shape index (κ2) is 11.2. The number of rotatable bonds is 9. The zero-order valence-corrected chi connectivity index (χ0v) is 19.3.